The van der Waals surface area contributed by atoms with Crippen molar-refractivity contribution in [1.29, 1.82) is 0 Å². The molecule has 0 spiro atoms. The summed E-state index contributed by atoms with van der Waals surface area (Å²) < 4.78 is 18.4. The molecule has 100 valence electrons. The van der Waals surface area contributed by atoms with E-state index in [4.69, 9.17) is 16.3 Å². The predicted octanol–water partition coefficient (Wildman–Crippen LogP) is 3.80. The molecule has 1 aromatic carbocycles. The lowest BCUT2D eigenvalue weighted by Crippen LogP contribution is -2.20. The minimum absolute atomic E-state index is 0.166. The number of aliphatic hydroxyl groups excluding tert-OH is 1. The highest BCUT2D eigenvalue weighted by Gasteiger charge is 2.19. The minimum atomic E-state index is -0.507. The number of benzene rings is 1. The fourth-order valence-corrected chi connectivity index (χ4v) is 2.64. The van der Waals surface area contributed by atoms with E-state index in [0.29, 0.717) is 16.7 Å². The van der Waals surface area contributed by atoms with Crippen molar-refractivity contribution in [3.8, 4) is 5.75 Å². The molecule has 0 radical (unpaired) electrons. The Labute approximate surface area is 112 Å². The van der Waals surface area contributed by atoms with Crippen molar-refractivity contribution in [3.05, 3.63) is 29.0 Å². The van der Waals surface area contributed by atoms with E-state index in [9.17, 15) is 9.50 Å². The lowest BCUT2D eigenvalue weighted by Gasteiger charge is -2.16. The Morgan fingerprint density at radius 1 is 1.39 bits per heavy atom. The van der Waals surface area contributed by atoms with Gasteiger partial charge in [-0.05, 0) is 24.5 Å². The summed E-state index contributed by atoms with van der Waals surface area (Å²) in [7, 11) is 0. The van der Waals surface area contributed by atoms with Crippen LogP contribution in [0.3, 0.4) is 0 Å². The van der Waals surface area contributed by atoms with Gasteiger partial charge in [0.15, 0.2) is 0 Å². The first-order valence-electron chi connectivity index (χ1n) is 6.41. The van der Waals surface area contributed by atoms with E-state index in [1.807, 2.05) is 0 Å². The lowest BCUT2D eigenvalue weighted by molar-refractivity contribution is 0.0854. The lowest BCUT2D eigenvalue weighted by atomic mass is 10.0. The van der Waals surface area contributed by atoms with Gasteiger partial charge in [0.25, 0.3) is 0 Å². The van der Waals surface area contributed by atoms with Crippen LogP contribution in [0.25, 0.3) is 0 Å². The monoisotopic (exact) mass is 272 g/mol. The zero-order chi connectivity index (χ0) is 13.0. The number of hydrogen-bond donors (Lipinski definition) is 1. The molecule has 1 aromatic rings. The van der Waals surface area contributed by atoms with E-state index in [2.05, 4.69) is 0 Å². The van der Waals surface area contributed by atoms with Crippen molar-refractivity contribution in [1.82, 2.24) is 0 Å². The maximum atomic E-state index is 13.0. The van der Waals surface area contributed by atoms with E-state index in [1.165, 1.54) is 43.9 Å². The second-order valence-electron chi connectivity index (χ2n) is 4.93. The third kappa shape index (κ3) is 3.85. The summed E-state index contributed by atoms with van der Waals surface area (Å²) in [5, 5.41) is 10.2. The van der Waals surface area contributed by atoms with E-state index in [-0.39, 0.29) is 12.4 Å². The molecule has 1 fully saturated rings. The largest absolute Gasteiger partial charge is 0.489 e. The maximum absolute atomic E-state index is 13.0. The molecule has 2 rings (SSSR count). The summed E-state index contributed by atoms with van der Waals surface area (Å²) in [6.45, 7) is 0.166. The smallest absolute Gasteiger partial charge is 0.140 e. The van der Waals surface area contributed by atoms with Crippen molar-refractivity contribution >= 4 is 11.6 Å². The Kier molecular flexibility index (Phi) is 4.84. The van der Waals surface area contributed by atoms with Crippen LogP contribution in [0.2, 0.25) is 5.02 Å². The molecule has 1 aliphatic carbocycles. The second kappa shape index (κ2) is 6.39. The van der Waals surface area contributed by atoms with Gasteiger partial charge in [-0.3, -0.25) is 0 Å². The molecule has 4 heteroatoms. The highest BCUT2D eigenvalue weighted by molar-refractivity contribution is 6.32. The number of ether oxygens (including phenoxy) is 1. The van der Waals surface area contributed by atoms with Gasteiger partial charge in [-0.1, -0.05) is 37.3 Å². The zero-order valence-corrected chi connectivity index (χ0v) is 11.0. The summed E-state index contributed by atoms with van der Waals surface area (Å²) in [4.78, 5) is 0. The third-order valence-corrected chi connectivity index (χ3v) is 3.72. The molecule has 2 nitrogen and oxygen atoms in total. The van der Waals surface area contributed by atoms with Gasteiger partial charge in [-0.15, -0.1) is 0 Å². The normalized spacial score (nSPS) is 17.9. The minimum Gasteiger partial charge on any atom is -0.489 e. The van der Waals surface area contributed by atoms with Gasteiger partial charge in [0.05, 0.1) is 11.1 Å². The molecule has 0 heterocycles. The fourth-order valence-electron chi connectivity index (χ4n) is 2.47. The van der Waals surface area contributed by atoms with Crippen molar-refractivity contribution in [3.63, 3.8) is 0 Å². The van der Waals surface area contributed by atoms with Crippen LogP contribution in [-0.4, -0.2) is 17.8 Å². The Bertz CT molecular complexity index is 391. The summed E-state index contributed by atoms with van der Waals surface area (Å²) >= 11 is 5.88. The van der Waals surface area contributed by atoms with Crippen molar-refractivity contribution in [2.45, 2.75) is 38.2 Å². The summed E-state index contributed by atoms with van der Waals surface area (Å²) in [5.74, 6) is 0.508. The predicted molar refractivity (Wildman–Crippen MR) is 69.5 cm³/mol. The SMILES string of the molecule is OC(COc1cc(F)ccc1Cl)CC1CCCC1. The average Bonchev–Trinajstić information content (AvgIpc) is 2.83. The zero-order valence-electron chi connectivity index (χ0n) is 10.2. The van der Waals surface area contributed by atoms with Gasteiger partial charge in [0.2, 0.25) is 0 Å². The first-order valence-corrected chi connectivity index (χ1v) is 6.79. The van der Waals surface area contributed by atoms with Crippen LogP contribution in [0.15, 0.2) is 18.2 Å². The molecule has 0 aliphatic heterocycles. The van der Waals surface area contributed by atoms with Crippen LogP contribution in [0.1, 0.15) is 32.1 Å². The van der Waals surface area contributed by atoms with Gasteiger partial charge < -0.3 is 9.84 Å². The molecule has 0 amide bonds. The Morgan fingerprint density at radius 2 is 2.11 bits per heavy atom. The van der Waals surface area contributed by atoms with Crippen LogP contribution in [0.5, 0.6) is 5.75 Å². The van der Waals surface area contributed by atoms with E-state index in [1.54, 1.807) is 0 Å². The molecule has 1 atom stereocenters. The molecule has 0 aromatic heterocycles. The topological polar surface area (TPSA) is 29.5 Å². The molecular weight excluding hydrogens is 255 g/mol. The Balaban J connectivity index is 1.81. The first kappa shape index (κ1) is 13.6. The van der Waals surface area contributed by atoms with Crippen molar-refractivity contribution in [2.75, 3.05) is 6.61 Å². The van der Waals surface area contributed by atoms with E-state index >= 15 is 0 Å². The van der Waals surface area contributed by atoms with Gasteiger partial charge in [0.1, 0.15) is 18.2 Å². The molecule has 0 saturated heterocycles. The van der Waals surface area contributed by atoms with Crippen LogP contribution < -0.4 is 4.74 Å². The van der Waals surface area contributed by atoms with Crippen LogP contribution in [-0.2, 0) is 0 Å². The quantitative estimate of drug-likeness (QED) is 0.883. The number of rotatable bonds is 5. The summed E-state index contributed by atoms with van der Waals surface area (Å²) in [6, 6.07) is 3.98. The highest BCUT2D eigenvalue weighted by Crippen LogP contribution is 2.29. The average molecular weight is 273 g/mol. The molecule has 18 heavy (non-hydrogen) atoms. The van der Waals surface area contributed by atoms with Gasteiger partial charge in [-0.25, -0.2) is 4.39 Å². The summed E-state index contributed by atoms with van der Waals surface area (Å²) in [6.07, 6.45) is 5.15. The van der Waals surface area contributed by atoms with Crippen LogP contribution in [0.4, 0.5) is 4.39 Å². The first-order chi connectivity index (χ1) is 8.65. The van der Waals surface area contributed by atoms with Crippen LogP contribution >= 0.6 is 11.6 Å². The fraction of sp³-hybridized carbons (Fsp3) is 0.571. The Morgan fingerprint density at radius 3 is 2.83 bits per heavy atom. The third-order valence-electron chi connectivity index (χ3n) is 3.40. The van der Waals surface area contributed by atoms with E-state index in [0.717, 1.165) is 6.42 Å². The molecule has 0 bridgehead atoms. The van der Waals surface area contributed by atoms with Gasteiger partial charge in [0, 0.05) is 6.07 Å². The summed E-state index contributed by atoms with van der Waals surface area (Å²) in [5.41, 5.74) is 0. The molecule has 1 N–H and O–H groups in total. The van der Waals surface area contributed by atoms with Crippen LogP contribution in [0, 0.1) is 11.7 Å². The maximum Gasteiger partial charge on any atom is 0.140 e. The standard InChI is InChI=1S/C14H18ClFO2/c15-13-6-5-11(16)8-14(13)18-9-12(17)7-10-3-1-2-4-10/h5-6,8,10,12,17H,1-4,7,9H2. The molecule has 1 saturated carbocycles. The number of aliphatic hydroxyl groups is 1. The Hall–Kier alpha value is -0.800. The van der Waals surface area contributed by atoms with Gasteiger partial charge in [-0.2, -0.15) is 0 Å². The second-order valence-corrected chi connectivity index (χ2v) is 5.33. The van der Waals surface area contributed by atoms with Crippen molar-refractivity contribution < 1.29 is 14.2 Å². The molecular formula is C14H18ClFO2. The van der Waals surface area contributed by atoms with Crippen molar-refractivity contribution in [2.24, 2.45) is 5.92 Å². The van der Waals surface area contributed by atoms with Gasteiger partial charge >= 0.3 is 0 Å². The molecule has 1 unspecified atom stereocenters. The number of hydrogen-bond acceptors (Lipinski definition) is 2. The highest BCUT2D eigenvalue weighted by atomic mass is 35.5. The van der Waals surface area contributed by atoms with E-state index < -0.39 is 6.10 Å². The number of halogens is 2. The molecule has 1 aliphatic rings.